The molecule has 0 saturated carbocycles. The Kier molecular flexibility index (Phi) is 20.1. The van der Waals surface area contributed by atoms with Crippen molar-refractivity contribution in [3.8, 4) is 0 Å². The fourth-order valence-electron chi connectivity index (χ4n) is 0. The standard InChI is InChI=1S/FH.Li.O.V.H/h1H;;;;/q;;;+1;/p-1. The van der Waals surface area contributed by atoms with Crippen LogP contribution in [-0.2, 0) is 20.4 Å². The summed E-state index contributed by atoms with van der Waals surface area (Å²) < 4.78 is 18.2. The van der Waals surface area contributed by atoms with Gasteiger partial charge in [0.15, 0.2) is 0 Å². The second kappa shape index (κ2) is 9.07. The van der Waals surface area contributed by atoms with Crippen molar-refractivity contribution in [2.24, 2.45) is 0 Å². The molecule has 0 atom stereocenters. The monoisotopic (exact) mass is 94.0 g/mol. The topological polar surface area (TPSA) is 17.1 Å². The van der Waals surface area contributed by atoms with Crippen molar-refractivity contribution < 1.29 is 23.8 Å². The van der Waals surface area contributed by atoms with E-state index >= 15 is 0 Å². The molecule has 0 amide bonds. The summed E-state index contributed by atoms with van der Waals surface area (Å²) in [6.45, 7) is 0. The third-order valence-electron chi connectivity index (χ3n) is 0. The zero-order valence-corrected chi connectivity index (χ0v) is 2.63. The third-order valence-corrected chi connectivity index (χ3v) is 0. The SMILES string of the molecule is [LiH].[O]=[V][F]. The van der Waals surface area contributed by atoms with E-state index in [1.54, 1.807) is 0 Å². The van der Waals surface area contributed by atoms with E-state index in [1.165, 1.54) is 0 Å². The fraction of sp³-hybridized carbons (Fsp3) is 0. The van der Waals surface area contributed by atoms with Crippen molar-refractivity contribution in [3.63, 3.8) is 0 Å². The van der Waals surface area contributed by atoms with Crippen LogP contribution in [0.3, 0.4) is 0 Å². The number of rotatable bonds is 0. The second-order valence-electron chi connectivity index (χ2n) is 0.0690. The summed E-state index contributed by atoms with van der Waals surface area (Å²) in [7, 11) is 0. The van der Waals surface area contributed by atoms with Crippen molar-refractivity contribution in [1.82, 2.24) is 0 Å². The molecule has 0 bridgehead atoms. The molecular formula is HFLiOV. The van der Waals surface area contributed by atoms with Crippen LogP contribution in [0, 0.1) is 0 Å². The fourth-order valence-corrected chi connectivity index (χ4v) is 0. The molecule has 0 saturated heterocycles. The average Bonchev–Trinajstić information content (AvgIpc) is 0.918. The molecule has 0 aliphatic heterocycles. The minimum atomic E-state index is -2.06. The van der Waals surface area contributed by atoms with Gasteiger partial charge in [0, 0.05) is 0 Å². The van der Waals surface area contributed by atoms with Crippen LogP contribution >= 0.6 is 0 Å². The Labute approximate surface area is 42.9 Å². The Morgan fingerprint density at radius 3 is 1.75 bits per heavy atom. The quantitative estimate of drug-likeness (QED) is 0.375. The van der Waals surface area contributed by atoms with Gasteiger partial charge in [-0.15, -0.1) is 0 Å². The Hall–Kier alpha value is 0.912. The van der Waals surface area contributed by atoms with Gasteiger partial charge in [0.05, 0.1) is 0 Å². The average molecular weight is 93.9 g/mol. The van der Waals surface area contributed by atoms with Crippen LogP contribution in [-0.4, -0.2) is 18.9 Å². The first kappa shape index (κ1) is 8.86. The Bertz CT molecular complexity index is 15.5. The summed E-state index contributed by atoms with van der Waals surface area (Å²) >= 11 is -2.06. The van der Waals surface area contributed by atoms with Crippen molar-refractivity contribution in [2.75, 3.05) is 0 Å². The molecule has 1 nitrogen and oxygen atoms in total. The van der Waals surface area contributed by atoms with Gasteiger partial charge in [0.1, 0.15) is 0 Å². The summed E-state index contributed by atoms with van der Waals surface area (Å²) in [6, 6.07) is 0. The minimum absolute atomic E-state index is 0. The molecule has 0 heterocycles. The van der Waals surface area contributed by atoms with Gasteiger partial charge < -0.3 is 0 Å². The van der Waals surface area contributed by atoms with Gasteiger partial charge in [0.2, 0.25) is 0 Å². The Morgan fingerprint density at radius 1 is 1.75 bits per heavy atom. The molecule has 0 N–H and O–H groups in total. The summed E-state index contributed by atoms with van der Waals surface area (Å²) in [5.74, 6) is 0. The van der Waals surface area contributed by atoms with Gasteiger partial charge in [-0.3, -0.25) is 0 Å². The first-order valence-electron chi connectivity index (χ1n) is 0.352. The van der Waals surface area contributed by atoms with E-state index in [0.717, 1.165) is 0 Å². The van der Waals surface area contributed by atoms with E-state index in [-0.39, 0.29) is 18.9 Å². The molecule has 0 unspecified atom stereocenters. The van der Waals surface area contributed by atoms with Crippen molar-refractivity contribution in [3.05, 3.63) is 0 Å². The molecule has 0 aromatic rings. The van der Waals surface area contributed by atoms with Crippen molar-refractivity contribution >= 4 is 18.9 Å². The second-order valence-corrected chi connectivity index (χ2v) is 0.285. The zero-order valence-electron chi connectivity index (χ0n) is 1.23. The molecule has 4 heteroatoms. The molecule has 20 valence electrons. The van der Waals surface area contributed by atoms with Crippen LogP contribution in [0.4, 0.5) is 3.41 Å². The van der Waals surface area contributed by atoms with Gasteiger partial charge >= 0.3 is 42.7 Å². The Balaban J connectivity index is 0. The number of halogens is 1. The molecule has 0 rings (SSSR count). The molecular weight excluding hydrogens is 92.9 g/mol. The third kappa shape index (κ3) is 12.8. The van der Waals surface area contributed by atoms with E-state index in [0.29, 0.717) is 0 Å². The van der Waals surface area contributed by atoms with Crippen LogP contribution in [0.2, 0.25) is 0 Å². The van der Waals surface area contributed by atoms with E-state index in [4.69, 9.17) is 3.67 Å². The van der Waals surface area contributed by atoms with Crippen molar-refractivity contribution in [2.45, 2.75) is 0 Å². The van der Waals surface area contributed by atoms with Crippen LogP contribution in [0.1, 0.15) is 0 Å². The molecule has 0 aliphatic carbocycles. The van der Waals surface area contributed by atoms with Gasteiger partial charge in [-0.2, -0.15) is 0 Å². The van der Waals surface area contributed by atoms with E-state index < -0.39 is 16.7 Å². The molecule has 0 fully saturated rings. The number of hydrogen-bond acceptors (Lipinski definition) is 1. The van der Waals surface area contributed by atoms with E-state index in [1.807, 2.05) is 0 Å². The van der Waals surface area contributed by atoms with Crippen LogP contribution < -0.4 is 0 Å². The van der Waals surface area contributed by atoms with Crippen LogP contribution in [0.25, 0.3) is 0 Å². The van der Waals surface area contributed by atoms with Gasteiger partial charge in [0.25, 0.3) is 0 Å². The summed E-state index contributed by atoms with van der Waals surface area (Å²) in [4.78, 5) is 0. The molecule has 0 spiro atoms. The maximum absolute atomic E-state index is 9.83. The molecule has 0 aromatic heterocycles. The normalized spacial score (nSPS) is 3.25. The van der Waals surface area contributed by atoms with Gasteiger partial charge in [-0.05, 0) is 0 Å². The Morgan fingerprint density at radius 2 is 1.75 bits per heavy atom. The van der Waals surface area contributed by atoms with E-state index in [2.05, 4.69) is 0 Å². The summed E-state index contributed by atoms with van der Waals surface area (Å²) in [6.07, 6.45) is 0. The van der Waals surface area contributed by atoms with Gasteiger partial charge in [-0.1, -0.05) is 0 Å². The van der Waals surface area contributed by atoms with Gasteiger partial charge in [-0.25, -0.2) is 0 Å². The number of hydrogen-bond donors (Lipinski definition) is 0. The molecule has 4 heavy (non-hydrogen) atoms. The molecule has 0 aliphatic rings. The first-order valence-corrected chi connectivity index (χ1v) is 1.45. The summed E-state index contributed by atoms with van der Waals surface area (Å²) in [5.41, 5.74) is 0. The predicted octanol–water partition coefficient (Wildman–Crippen LogP) is -0.350. The maximum atomic E-state index is 9.83. The van der Waals surface area contributed by atoms with Crippen molar-refractivity contribution in [1.29, 1.82) is 0 Å². The van der Waals surface area contributed by atoms with Crippen LogP contribution in [0.5, 0.6) is 0 Å². The first-order chi connectivity index (χ1) is 1.41. The predicted molar refractivity (Wildman–Crippen MR) is 8.94 cm³/mol. The zero-order chi connectivity index (χ0) is 2.71. The molecule has 0 aromatic carbocycles. The molecule has 0 radical (unpaired) electrons. The van der Waals surface area contributed by atoms with E-state index in [9.17, 15) is 3.41 Å². The summed E-state index contributed by atoms with van der Waals surface area (Å²) in [5, 5.41) is 0. The van der Waals surface area contributed by atoms with Crippen LogP contribution in [0.15, 0.2) is 0 Å².